The molecule has 1 fully saturated rings. The highest BCUT2D eigenvalue weighted by Gasteiger charge is 2.34. The molecule has 3 atom stereocenters. The lowest BCUT2D eigenvalue weighted by Crippen LogP contribution is -2.40. The lowest BCUT2D eigenvalue weighted by Gasteiger charge is -2.26. The van der Waals surface area contributed by atoms with Crippen molar-refractivity contribution in [2.45, 2.75) is 12.1 Å². The van der Waals surface area contributed by atoms with Gasteiger partial charge in [0.1, 0.15) is 5.82 Å². The molecule has 1 saturated heterocycles. The maximum absolute atomic E-state index is 13.6. The quantitative estimate of drug-likeness (QED) is 0.741. The molecule has 1 aliphatic heterocycles. The SMILES string of the molecule is CN(C)C(CNC(=O)C1CNNC1c1ccccc1)c1cccc(F)c1. The number of carbonyl (C=O) groups excluding carboxylic acids is 1. The molecule has 138 valence electrons. The van der Waals surface area contributed by atoms with Crippen LogP contribution in [-0.2, 0) is 4.79 Å². The standard InChI is InChI=1S/C20H25FN4O/c1-25(2)18(15-9-6-10-16(21)11-15)13-22-20(26)17-12-23-24-19(17)14-7-4-3-5-8-14/h3-11,17-19,23-24H,12-13H2,1-2H3,(H,22,26). The van der Waals surface area contributed by atoms with Gasteiger partial charge in [-0.15, -0.1) is 0 Å². The molecular weight excluding hydrogens is 331 g/mol. The Hall–Kier alpha value is -2.28. The maximum Gasteiger partial charge on any atom is 0.226 e. The average Bonchev–Trinajstić information content (AvgIpc) is 3.12. The number of rotatable bonds is 6. The summed E-state index contributed by atoms with van der Waals surface area (Å²) in [6.07, 6.45) is 0. The van der Waals surface area contributed by atoms with Crippen LogP contribution in [0.25, 0.3) is 0 Å². The van der Waals surface area contributed by atoms with E-state index in [1.807, 2.05) is 55.4 Å². The molecule has 0 spiro atoms. The summed E-state index contributed by atoms with van der Waals surface area (Å²) in [5.41, 5.74) is 8.18. The molecule has 0 saturated carbocycles. The van der Waals surface area contributed by atoms with Gasteiger partial charge in [-0.2, -0.15) is 0 Å². The van der Waals surface area contributed by atoms with E-state index in [0.29, 0.717) is 13.1 Å². The van der Waals surface area contributed by atoms with Crippen molar-refractivity contribution in [1.82, 2.24) is 21.1 Å². The van der Waals surface area contributed by atoms with Crippen molar-refractivity contribution in [3.63, 3.8) is 0 Å². The molecule has 1 amide bonds. The van der Waals surface area contributed by atoms with E-state index in [2.05, 4.69) is 16.2 Å². The Labute approximate surface area is 153 Å². The molecule has 0 radical (unpaired) electrons. The van der Waals surface area contributed by atoms with Crippen LogP contribution in [0.15, 0.2) is 54.6 Å². The number of benzene rings is 2. The summed E-state index contributed by atoms with van der Waals surface area (Å²) >= 11 is 0. The Kier molecular flexibility index (Phi) is 5.98. The highest BCUT2D eigenvalue weighted by Crippen LogP contribution is 2.25. The first kappa shape index (κ1) is 18.5. The van der Waals surface area contributed by atoms with Crippen molar-refractivity contribution in [3.05, 3.63) is 71.5 Å². The first-order chi connectivity index (χ1) is 12.6. The van der Waals surface area contributed by atoms with Crippen LogP contribution in [0.4, 0.5) is 4.39 Å². The molecule has 0 aromatic heterocycles. The summed E-state index contributed by atoms with van der Waals surface area (Å²) in [4.78, 5) is 14.8. The second kappa shape index (κ2) is 8.40. The highest BCUT2D eigenvalue weighted by molar-refractivity contribution is 5.80. The smallest absolute Gasteiger partial charge is 0.226 e. The number of hydrazine groups is 1. The monoisotopic (exact) mass is 356 g/mol. The van der Waals surface area contributed by atoms with Crippen LogP contribution in [-0.4, -0.2) is 38.0 Å². The van der Waals surface area contributed by atoms with E-state index in [4.69, 9.17) is 0 Å². The number of halogens is 1. The zero-order valence-corrected chi connectivity index (χ0v) is 15.1. The topological polar surface area (TPSA) is 56.4 Å². The van der Waals surface area contributed by atoms with E-state index in [0.717, 1.165) is 11.1 Å². The number of nitrogens with zero attached hydrogens (tertiary/aromatic N) is 1. The van der Waals surface area contributed by atoms with E-state index >= 15 is 0 Å². The third-order valence-corrected chi connectivity index (χ3v) is 4.80. The van der Waals surface area contributed by atoms with Gasteiger partial charge in [-0.25, -0.2) is 9.82 Å². The highest BCUT2D eigenvalue weighted by atomic mass is 19.1. The van der Waals surface area contributed by atoms with Gasteiger partial charge in [0.15, 0.2) is 0 Å². The summed E-state index contributed by atoms with van der Waals surface area (Å²) in [7, 11) is 3.85. The van der Waals surface area contributed by atoms with Crippen molar-refractivity contribution < 1.29 is 9.18 Å². The van der Waals surface area contributed by atoms with Crippen LogP contribution >= 0.6 is 0 Å². The second-order valence-electron chi connectivity index (χ2n) is 6.80. The van der Waals surface area contributed by atoms with Gasteiger partial charge in [0.05, 0.1) is 18.0 Å². The molecule has 0 bridgehead atoms. The molecule has 3 unspecified atom stereocenters. The third kappa shape index (κ3) is 4.27. The first-order valence-corrected chi connectivity index (χ1v) is 8.79. The largest absolute Gasteiger partial charge is 0.354 e. The Morgan fingerprint density at radius 1 is 1.23 bits per heavy atom. The van der Waals surface area contributed by atoms with Crippen molar-refractivity contribution in [3.8, 4) is 0 Å². The number of likely N-dealkylation sites (N-methyl/N-ethyl adjacent to an activating group) is 1. The third-order valence-electron chi connectivity index (χ3n) is 4.80. The zero-order chi connectivity index (χ0) is 18.5. The normalized spacial score (nSPS) is 20.9. The maximum atomic E-state index is 13.6. The van der Waals surface area contributed by atoms with Crippen molar-refractivity contribution >= 4 is 5.91 Å². The Morgan fingerprint density at radius 2 is 2.00 bits per heavy atom. The van der Waals surface area contributed by atoms with Crippen LogP contribution in [0.3, 0.4) is 0 Å². The fourth-order valence-electron chi connectivity index (χ4n) is 3.36. The second-order valence-corrected chi connectivity index (χ2v) is 6.80. The van der Waals surface area contributed by atoms with Crippen molar-refractivity contribution in [2.75, 3.05) is 27.2 Å². The lowest BCUT2D eigenvalue weighted by atomic mass is 9.94. The van der Waals surface area contributed by atoms with E-state index in [9.17, 15) is 9.18 Å². The Balaban J connectivity index is 1.66. The summed E-state index contributed by atoms with van der Waals surface area (Å²) < 4.78 is 13.6. The molecular formula is C20H25FN4O. The number of nitrogens with one attached hydrogen (secondary N) is 3. The predicted molar refractivity (Wildman–Crippen MR) is 99.6 cm³/mol. The first-order valence-electron chi connectivity index (χ1n) is 8.79. The van der Waals surface area contributed by atoms with E-state index in [-0.39, 0.29) is 29.7 Å². The number of hydrogen-bond donors (Lipinski definition) is 3. The Bertz CT molecular complexity index is 738. The van der Waals surface area contributed by atoms with Gasteiger partial charge >= 0.3 is 0 Å². The van der Waals surface area contributed by atoms with Crippen LogP contribution in [0, 0.1) is 11.7 Å². The summed E-state index contributed by atoms with van der Waals surface area (Å²) in [5.74, 6) is -0.485. The summed E-state index contributed by atoms with van der Waals surface area (Å²) in [6.45, 7) is 0.991. The number of carbonyl (C=O) groups is 1. The Morgan fingerprint density at radius 3 is 2.69 bits per heavy atom. The minimum atomic E-state index is -0.269. The molecule has 5 nitrogen and oxygen atoms in total. The van der Waals surface area contributed by atoms with Gasteiger partial charge in [-0.3, -0.25) is 10.2 Å². The van der Waals surface area contributed by atoms with Crippen molar-refractivity contribution in [1.29, 1.82) is 0 Å². The average molecular weight is 356 g/mol. The number of amides is 1. The summed E-state index contributed by atoms with van der Waals surface area (Å²) in [6, 6.07) is 16.3. The minimum absolute atomic E-state index is 0.0143. The molecule has 26 heavy (non-hydrogen) atoms. The molecule has 1 heterocycles. The predicted octanol–water partition coefficient (Wildman–Crippen LogP) is 2.01. The van der Waals surface area contributed by atoms with Gasteiger partial charge in [0, 0.05) is 13.1 Å². The molecule has 6 heteroatoms. The van der Waals surface area contributed by atoms with Gasteiger partial charge in [-0.05, 0) is 37.4 Å². The van der Waals surface area contributed by atoms with E-state index in [1.165, 1.54) is 12.1 Å². The van der Waals surface area contributed by atoms with Crippen LogP contribution in [0.5, 0.6) is 0 Å². The van der Waals surface area contributed by atoms with Crippen LogP contribution < -0.4 is 16.2 Å². The fourth-order valence-corrected chi connectivity index (χ4v) is 3.36. The minimum Gasteiger partial charge on any atom is -0.354 e. The van der Waals surface area contributed by atoms with Crippen LogP contribution in [0.1, 0.15) is 23.2 Å². The molecule has 3 rings (SSSR count). The van der Waals surface area contributed by atoms with Gasteiger partial charge in [0.2, 0.25) is 5.91 Å². The van der Waals surface area contributed by atoms with Gasteiger partial charge in [-0.1, -0.05) is 42.5 Å². The van der Waals surface area contributed by atoms with E-state index in [1.54, 1.807) is 6.07 Å². The zero-order valence-electron chi connectivity index (χ0n) is 15.1. The lowest BCUT2D eigenvalue weighted by molar-refractivity contribution is -0.125. The van der Waals surface area contributed by atoms with E-state index < -0.39 is 0 Å². The molecule has 0 aliphatic carbocycles. The number of hydrogen-bond acceptors (Lipinski definition) is 4. The van der Waals surface area contributed by atoms with Crippen LogP contribution in [0.2, 0.25) is 0 Å². The fraction of sp³-hybridized carbons (Fsp3) is 0.350. The summed E-state index contributed by atoms with van der Waals surface area (Å²) in [5, 5.41) is 3.04. The van der Waals surface area contributed by atoms with Gasteiger partial charge in [0.25, 0.3) is 0 Å². The van der Waals surface area contributed by atoms with Gasteiger partial charge < -0.3 is 10.2 Å². The molecule has 2 aromatic carbocycles. The molecule has 3 N–H and O–H groups in total. The molecule has 2 aromatic rings. The molecule has 1 aliphatic rings. The van der Waals surface area contributed by atoms with Crippen molar-refractivity contribution in [2.24, 2.45) is 5.92 Å².